The van der Waals surface area contributed by atoms with E-state index in [0.29, 0.717) is 22.0 Å². The minimum absolute atomic E-state index is 0.0183. The van der Waals surface area contributed by atoms with Crippen LogP contribution in [0.5, 0.6) is 0 Å². The standard InChI is InChI=1S/C16H15Cl2NO/c1-10(2)16(20)12-5-6-19-13(9-12)7-11-3-4-14(17)15(18)8-11/h3-6,8-10H,7H2,1-2H3. The molecule has 0 amide bonds. The average Bonchev–Trinajstić information content (AvgIpc) is 2.42. The zero-order valence-electron chi connectivity index (χ0n) is 11.4. The number of pyridine rings is 1. The fourth-order valence-electron chi connectivity index (χ4n) is 1.92. The third-order valence-electron chi connectivity index (χ3n) is 2.99. The fourth-order valence-corrected chi connectivity index (χ4v) is 2.24. The first-order chi connectivity index (χ1) is 9.47. The van der Waals surface area contributed by atoms with Crippen LogP contribution in [0.25, 0.3) is 0 Å². The number of ketones is 1. The highest BCUT2D eigenvalue weighted by Gasteiger charge is 2.11. The minimum Gasteiger partial charge on any atom is -0.294 e. The normalized spacial score (nSPS) is 10.8. The number of Topliss-reactive ketones (excluding diaryl/α,β-unsaturated/α-hetero) is 1. The van der Waals surface area contributed by atoms with Crippen molar-refractivity contribution in [2.24, 2.45) is 5.92 Å². The molecule has 0 aliphatic rings. The summed E-state index contributed by atoms with van der Waals surface area (Å²) in [4.78, 5) is 16.3. The second-order valence-corrected chi connectivity index (χ2v) is 5.79. The molecule has 2 aromatic rings. The van der Waals surface area contributed by atoms with Crippen LogP contribution in [0.1, 0.15) is 35.5 Å². The molecule has 20 heavy (non-hydrogen) atoms. The molecule has 0 fully saturated rings. The van der Waals surface area contributed by atoms with Crippen LogP contribution in [-0.2, 0) is 6.42 Å². The zero-order valence-corrected chi connectivity index (χ0v) is 12.9. The predicted molar refractivity (Wildman–Crippen MR) is 82.7 cm³/mol. The first-order valence-corrected chi connectivity index (χ1v) is 7.16. The van der Waals surface area contributed by atoms with E-state index in [1.807, 2.05) is 32.0 Å². The van der Waals surface area contributed by atoms with E-state index in [-0.39, 0.29) is 11.7 Å². The molecule has 0 saturated carbocycles. The van der Waals surface area contributed by atoms with Crippen molar-refractivity contribution in [1.29, 1.82) is 0 Å². The van der Waals surface area contributed by atoms with Gasteiger partial charge in [-0.1, -0.05) is 43.1 Å². The summed E-state index contributed by atoms with van der Waals surface area (Å²) in [5.74, 6) is 0.109. The van der Waals surface area contributed by atoms with Crippen LogP contribution in [0.3, 0.4) is 0 Å². The zero-order chi connectivity index (χ0) is 14.7. The molecule has 4 heteroatoms. The second-order valence-electron chi connectivity index (χ2n) is 4.98. The molecule has 104 valence electrons. The van der Waals surface area contributed by atoms with Crippen molar-refractivity contribution in [2.75, 3.05) is 0 Å². The summed E-state index contributed by atoms with van der Waals surface area (Å²) in [5.41, 5.74) is 2.56. The molecular formula is C16H15Cl2NO. The number of aromatic nitrogens is 1. The predicted octanol–water partition coefficient (Wildman–Crippen LogP) is 4.82. The van der Waals surface area contributed by atoms with Crippen molar-refractivity contribution in [3.8, 4) is 0 Å². The molecule has 0 atom stereocenters. The average molecular weight is 308 g/mol. The molecule has 0 radical (unpaired) electrons. The molecule has 0 spiro atoms. The Labute approximate surface area is 128 Å². The van der Waals surface area contributed by atoms with Gasteiger partial charge in [0, 0.05) is 29.8 Å². The van der Waals surface area contributed by atoms with Gasteiger partial charge in [-0.15, -0.1) is 0 Å². The molecule has 1 heterocycles. The number of halogens is 2. The fraction of sp³-hybridized carbons (Fsp3) is 0.250. The smallest absolute Gasteiger partial charge is 0.165 e. The first kappa shape index (κ1) is 15.0. The molecule has 1 aromatic heterocycles. The highest BCUT2D eigenvalue weighted by molar-refractivity contribution is 6.42. The van der Waals surface area contributed by atoms with Gasteiger partial charge in [0.05, 0.1) is 10.0 Å². The van der Waals surface area contributed by atoms with E-state index in [0.717, 1.165) is 11.3 Å². The van der Waals surface area contributed by atoms with Crippen LogP contribution in [-0.4, -0.2) is 10.8 Å². The lowest BCUT2D eigenvalue weighted by Gasteiger charge is -2.07. The van der Waals surface area contributed by atoms with E-state index in [2.05, 4.69) is 4.98 Å². The maximum absolute atomic E-state index is 12.0. The van der Waals surface area contributed by atoms with Crippen molar-refractivity contribution in [3.05, 3.63) is 63.4 Å². The second kappa shape index (κ2) is 6.38. The van der Waals surface area contributed by atoms with Crippen molar-refractivity contribution < 1.29 is 4.79 Å². The highest BCUT2D eigenvalue weighted by atomic mass is 35.5. The van der Waals surface area contributed by atoms with Gasteiger partial charge in [-0.2, -0.15) is 0 Å². The molecule has 0 N–H and O–H groups in total. The van der Waals surface area contributed by atoms with E-state index in [4.69, 9.17) is 23.2 Å². The van der Waals surface area contributed by atoms with Crippen LogP contribution < -0.4 is 0 Å². The summed E-state index contributed by atoms with van der Waals surface area (Å²) in [6.45, 7) is 3.78. The molecule has 2 nitrogen and oxygen atoms in total. The third-order valence-corrected chi connectivity index (χ3v) is 3.73. The maximum atomic E-state index is 12.0. The van der Waals surface area contributed by atoms with Crippen LogP contribution in [0.2, 0.25) is 10.0 Å². The Morgan fingerprint density at radius 2 is 1.90 bits per heavy atom. The highest BCUT2D eigenvalue weighted by Crippen LogP contribution is 2.23. The van der Waals surface area contributed by atoms with E-state index in [9.17, 15) is 4.79 Å². The number of rotatable bonds is 4. The Balaban J connectivity index is 2.23. The van der Waals surface area contributed by atoms with Crippen LogP contribution in [0.4, 0.5) is 0 Å². The lowest BCUT2D eigenvalue weighted by Crippen LogP contribution is -2.08. The summed E-state index contributed by atoms with van der Waals surface area (Å²) < 4.78 is 0. The Bertz CT molecular complexity index is 638. The molecular weight excluding hydrogens is 293 g/mol. The lowest BCUT2D eigenvalue weighted by molar-refractivity contribution is 0.0939. The third kappa shape index (κ3) is 3.59. The van der Waals surface area contributed by atoms with Crippen molar-refractivity contribution >= 4 is 29.0 Å². The minimum atomic E-state index is -0.0183. The van der Waals surface area contributed by atoms with Crippen molar-refractivity contribution in [3.63, 3.8) is 0 Å². The van der Waals surface area contributed by atoms with Gasteiger partial charge in [-0.05, 0) is 29.8 Å². The van der Waals surface area contributed by atoms with Crippen LogP contribution in [0, 0.1) is 5.92 Å². The lowest BCUT2D eigenvalue weighted by atomic mass is 10.00. The van der Waals surface area contributed by atoms with Gasteiger partial charge in [0.25, 0.3) is 0 Å². The molecule has 1 aromatic carbocycles. The molecule has 0 bridgehead atoms. The van der Waals surface area contributed by atoms with Gasteiger partial charge in [0.2, 0.25) is 0 Å². The summed E-state index contributed by atoms with van der Waals surface area (Å²) in [7, 11) is 0. The molecule has 0 aliphatic heterocycles. The van der Waals surface area contributed by atoms with Gasteiger partial charge in [-0.3, -0.25) is 9.78 Å². The Hall–Kier alpha value is -1.38. The molecule has 0 aliphatic carbocycles. The van der Waals surface area contributed by atoms with E-state index in [1.165, 1.54) is 0 Å². The van der Waals surface area contributed by atoms with Crippen LogP contribution >= 0.6 is 23.2 Å². The maximum Gasteiger partial charge on any atom is 0.165 e. The molecule has 0 unspecified atom stereocenters. The van der Waals surface area contributed by atoms with Crippen molar-refractivity contribution in [1.82, 2.24) is 4.98 Å². The summed E-state index contributed by atoms with van der Waals surface area (Å²) >= 11 is 11.9. The first-order valence-electron chi connectivity index (χ1n) is 6.40. The van der Waals surface area contributed by atoms with E-state index in [1.54, 1.807) is 18.3 Å². The van der Waals surface area contributed by atoms with Crippen molar-refractivity contribution in [2.45, 2.75) is 20.3 Å². The van der Waals surface area contributed by atoms with Gasteiger partial charge in [0.1, 0.15) is 0 Å². The molecule has 0 saturated heterocycles. The SMILES string of the molecule is CC(C)C(=O)c1ccnc(Cc2ccc(Cl)c(Cl)c2)c1. The topological polar surface area (TPSA) is 30.0 Å². The number of hydrogen-bond acceptors (Lipinski definition) is 2. The molecule has 2 rings (SSSR count). The monoisotopic (exact) mass is 307 g/mol. The van der Waals surface area contributed by atoms with Crippen LogP contribution in [0.15, 0.2) is 36.5 Å². The van der Waals surface area contributed by atoms with Gasteiger partial charge in [-0.25, -0.2) is 0 Å². The summed E-state index contributed by atoms with van der Waals surface area (Å²) in [6.07, 6.45) is 2.29. The quantitative estimate of drug-likeness (QED) is 0.758. The Kier molecular flexibility index (Phi) is 4.79. The number of carbonyl (C=O) groups excluding carboxylic acids is 1. The Morgan fingerprint density at radius 1 is 1.15 bits per heavy atom. The number of benzene rings is 1. The summed E-state index contributed by atoms with van der Waals surface area (Å²) in [6, 6.07) is 9.09. The van der Waals surface area contributed by atoms with Gasteiger partial charge in [0.15, 0.2) is 5.78 Å². The largest absolute Gasteiger partial charge is 0.294 e. The summed E-state index contributed by atoms with van der Waals surface area (Å²) in [5, 5.41) is 1.06. The van der Waals surface area contributed by atoms with E-state index >= 15 is 0 Å². The number of nitrogens with zero attached hydrogens (tertiary/aromatic N) is 1. The van der Waals surface area contributed by atoms with Gasteiger partial charge < -0.3 is 0 Å². The Morgan fingerprint density at radius 3 is 2.55 bits per heavy atom. The van der Waals surface area contributed by atoms with Gasteiger partial charge >= 0.3 is 0 Å². The number of carbonyl (C=O) groups is 1. The van der Waals surface area contributed by atoms with E-state index < -0.39 is 0 Å². The number of hydrogen-bond donors (Lipinski definition) is 0.